The molecule has 0 aliphatic rings. The number of allylic oxidation sites excluding steroid dienone is 3. The molecule has 0 radical (unpaired) electrons. The maximum Gasteiger partial charge on any atom is 0.534 e. The van der Waals surface area contributed by atoms with E-state index in [1.54, 1.807) is 19.9 Å². The Morgan fingerprint density at radius 2 is 1.14 bits per heavy atom. The van der Waals surface area contributed by atoms with Gasteiger partial charge in [-0.15, -0.1) is 6.58 Å². The molecule has 0 aromatic heterocycles. The van der Waals surface area contributed by atoms with Crippen molar-refractivity contribution in [3.05, 3.63) is 83.5 Å². The Balaban J connectivity index is 2.60. The number of unbranched alkanes of at least 4 members (excludes halogenated alkanes) is 4. The lowest BCUT2D eigenvalue weighted by atomic mass is 9.85. The quantitative estimate of drug-likeness (QED) is 0.0627. The third-order valence-corrected chi connectivity index (χ3v) is 8.11. The smallest absolute Gasteiger partial charge is 0.375 e. The van der Waals surface area contributed by atoms with Crippen molar-refractivity contribution in [2.75, 3.05) is 0 Å². The molecule has 0 heterocycles. The van der Waals surface area contributed by atoms with Gasteiger partial charge in [0.25, 0.3) is 0 Å². The van der Waals surface area contributed by atoms with Crippen molar-refractivity contribution in [3.63, 3.8) is 0 Å². The van der Waals surface area contributed by atoms with E-state index in [2.05, 4.69) is 14.9 Å². The van der Waals surface area contributed by atoms with Crippen molar-refractivity contribution in [1.82, 2.24) is 0 Å². The molecule has 0 spiro atoms. The summed E-state index contributed by atoms with van der Waals surface area (Å²) in [6, 6.07) is 7.96. The molecule has 6 nitrogen and oxygen atoms in total. The van der Waals surface area contributed by atoms with E-state index in [0.29, 0.717) is 24.0 Å². The average Bonchev–Trinajstić information content (AvgIpc) is 2.89. The van der Waals surface area contributed by atoms with Crippen molar-refractivity contribution in [2.24, 2.45) is 0 Å². The molecule has 0 aliphatic heterocycles. The molecule has 238 valence electrons. The molecule has 0 unspecified atom stereocenters. The van der Waals surface area contributed by atoms with Gasteiger partial charge in [0.05, 0.1) is 0 Å². The molecular formula is C29H32F6O6S2. The summed E-state index contributed by atoms with van der Waals surface area (Å²) < 4.78 is 133. The Morgan fingerprint density at radius 1 is 0.721 bits per heavy atom. The second-order valence-electron chi connectivity index (χ2n) is 9.39. The summed E-state index contributed by atoms with van der Waals surface area (Å²) >= 11 is 0. The van der Waals surface area contributed by atoms with Crippen LogP contribution in [0.3, 0.4) is 0 Å². The number of halogens is 6. The summed E-state index contributed by atoms with van der Waals surface area (Å²) in [4.78, 5) is 0. The number of alkyl halides is 6. The van der Waals surface area contributed by atoms with Crippen LogP contribution in [0.1, 0.15) is 80.5 Å². The molecular weight excluding hydrogens is 622 g/mol. The van der Waals surface area contributed by atoms with Gasteiger partial charge in [-0.05, 0) is 68.5 Å². The van der Waals surface area contributed by atoms with Gasteiger partial charge >= 0.3 is 31.3 Å². The van der Waals surface area contributed by atoms with Crippen molar-refractivity contribution >= 4 is 32.4 Å². The van der Waals surface area contributed by atoms with Crippen LogP contribution >= 0.6 is 0 Å². The average molecular weight is 655 g/mol. The second-order valence-corrected chi connectivity index (χ2v) is 12.5. The first-order chi connectivity index (χ1) is 20.0. The molecule has 0 N–H and O–H groups in total. The fourth-order valence-electron chi connectivity index (χ4n) is 4.19. The molecule has 2 aromatic rings. The number of benzene rings is 2. The fraction of sp³-hybridized carbons (Fsp3) is 0.379. The molecule has 2 rings (SSSR count). The SMILES string of the molecule is C=CCCCCCCC(c1ccc(OS(=O)(=O)C(F)(F)F)c(C=CC)c1)c1ccc(OS(=O)(=O)C(F)(F)F)c(C=CC)c1. The van der Waals surface area contributed by atoms with Gasteiger partial charge in [-0.3, -0.25) is 0 Å². The first-order valence-electron chi connectivity index (χ1n) is 13.1. The van der Waals surface area contributed by atoms with E-state index in [4.69, 9.17) is 0 Å². The summed E-state index contributed by atoms with van der Waals surface area (Å²) in [5, 5.41) is 0. The van der Waals surface area contributed by atoms with Gasteiger partial charge < -0.3 is 8.37 Å². The van der Waals surface area contributed by atoms with Gasteiger partial charge in [-0.2, -0.15) is 43.2 Å². The predicted octanol–water partition coefficient (Wildman–Crippen LogP) is 8.87. The topological polar surface area (TPSA) is 86.7 Å². The van der Waals surface area contributed by atoms with Crippen molar-refractivity contribution < 1.29 is 51.5 Å². The molecule has 2 aromatic carbocycles. The Kier molecular flexibility index (Phi) is 12.5. The number of hydrogen-bond donors (Lipinski definition) is 0. The van der Waals surface area contributed by atoms with Gasteiger partial charge in [0, 0.05) is 17.0 Å². The highest BCUT2D eigenvalue weighted by Crippen LogP contribution is 2.38. The van der Waals surface area contributed by atoms with Crippen molar-refractivity contribution in [1.29, 1.82) is 0 Å². The van der Waals surface area contributed by atoms with Gasteiger partial charge in [-0.25, -0.2) is 0 Å². The van der Waals surface area contributed by atoms with E-state index in [9.17, 15) is 43.2 Å². The zero-order valence-electron chi connectivity index (χ0n) is 23.4. The van der Waals surface area contributed by atoms with E-state index in [0.717, 1.165) is 37.8 Å². The maximum absolute atomic E-state index is 13.0. The van der Waals surface area contributed by atoms with Gasteiger partial charge in [0.15, 0.2) is 0 Å². The van der Waals surface area contributed by atoms with Crippen LogP contribution in [0.2, 0.25) is 0 Å². The first-order valence-corrected chi connectivity index (χ1v) is 15.9. The van der Waals surface area contributed by atoms with E-state index >= 15 is 0 Å². The van der Waals surface area contributed by atoms with Gasteiger partial charge in [-0.1, -0.05) is 61.8 Å². The highest BCUT2D eigenvalue weighted by molar-refractivity contribution is 7.88. The normalized spacial score (nSPS) is 13.9. The molecule has 14 heteroatoms. The molecule has 0 atom stereocenters. The van der Waals surface area contributed by atoms with E-state index < -0.39 is 48.7 Å². The molecule has 0 amide bonds. The Hall–Kier alpha value is -3.26. The molecule has 0 fully saturated rings. The fourth-order valence-corrected chi connectivity index (χ4v) is 5.15. The zero-order valence-corrected chi connectivity index (χ0v) is 25.0. The van der Waals surface area contributed by atoms with Crippen LogP contribution in [-0.2, 0) is 20.2 Å². The number of rotatable bonds is 15. The van der Waals surface area contributed by atoms with Crippen LogP contribution in [0.5, 0.6) is 11.5 Å². The maximum atomic E-state index is 13.0. The Labute approximate surface area is 248 Å². The van der Waals surface area contributed by atoms with Crippen LogP contribution in [0.4, 0.5) is 26.3 Å². The molecule has 43 heavy (non-hydrogen) atoms. The van der Waals surface area contributed by atoms with E-state index in [1.165, 1.54) is 48.6 Å². The largest absolute Gasteiger partial charge is 0.534 e. The molecule has 0 saturated heterocycles. The molecule has 0 aliphatic carbocycles. The van der Waals surface area contributed by atoms with Crippen LogP contribution in [0.25, 0.3) is 12.2 Å². The highest BCUT2D eigenvalue weighted by atomic mass is 32.2. The Morgan fingerprint density at radius 3 is 1.51 bits per heavy atom. The summed E-state index contributed by atoms with van der Waals surface area (Å²) in [6.07, 6.45) is 12.2. The lowest BCUT2D eigenvalue weighted by Gasteiger charge is -2.21. The van der Waals surface area contributed by atoms with E-state index in [1.807, 2.05) is 0 Å². The van der Waals surface area contributed by atoms with Crippen LogP contribution in [0, 0.1) is 0 Å². The summed E-state index contributed by atoms with van der Waals surface area (Å²) in [5.74, 6) is -1.55. The van der Waals surface area contributed by atoms with Gasteiger partial charge in [0.2, 0.25) is 0 Å². The highest BCUT2D eigenvalue weighted by Gasteiger charge is 2.49. The van der Waals surface area contributed by atoms with E-state index in [-0.39, 0.29) is 11.1 Å². The number of hydrogen-bond acceptors (Lipinski definition) is 6. The summed E-state index contributed by atoms with van der Waals surface area (Å²) in [5.41, 5.74) is -10.1. The summed E-state index contributed by atoms with van der Waals surface area (Å²) in [7, 11) is -11.9. The minimum atomic E-state index is -5.94. The second kappa shape index (κ2) is 15.0. The van der Waals surface area contributed by atoms with Crippen LogP contribution < -0.4 is 8.37 Å². The van der Waals surface area contributed by atoms with Crippen LogP contribution in [0.15, 0.2) is 61.2 Å². The summed E-state index contributed by atoms with van der Waals surface area (Å²) in [6.45, 7) is 6.84. The standard InChI is InChI=1S/C29H32F6O6S2/c1-4-7-8-9-10-11-14-25(21-15-17-26(23(19-21)12-5-2)40-42(36,37)28(30,31)32)22-16-18-27(24(20-22)13-6-3)41-43(38,39)29(33,34)35/h4-6,12-13,15-20,25H,1,7-11,14H2,2-3H3. The van der Waals surface area contributed by atoms with Crippen LogP contribution in [-0.4, -0.2) is 27.9 Å². The minimum absolute atomic E-state index is 0.0497. The van der Waals surface area contributed by atoms with Gasteiger partial charge in [0.1, 0.15) is 11.5 Å². The molecule has 0 saturated carbocycles. The third-order valence-electron chi connectivity index (χ3n) is 6.18. The zero-order chi connectivity index (χ0) is 32.5. The first kappa shape index (κ1) is 35.9. The minimum Gasteiger partial charge on any atom is -0.375 e. The lowest BCUT2D eigenvalue weighted by Crippen LogP contribution is -2.28. The molecule has 0 bridgehead atoms. The monoisotopic (exact) mass is 654 g/mol. The Bertz CT molecular complexity index is 1420. The third kappa shape index (κ3) is 9.88. The van der Waals surface area contributed by atoms with Crippen molar-refractivity contribution in [3.8, 4) is 11.5 Å². The predicted molar refractivity (Wildman–Crippen MR) is 153 cm³/mol. The van der Waals surface area contributed by atoms with Crippen molar-refractivity contribution in [2.45, 2.75) is 69.3 Å². The lowest BCUT2D eigenvalue weighted by molar-refractivity contribution is -0.0504.